The van der Waals surface area contributed by atoms with E-state index in [-0.39, 0.29) is 11.9 Å². The highest BCUT2D eigenvalue weighted by Crippen LogP contribution is 2.36. The van der Waals surface area contributed by atoms with Crippen LogP contribution in [0.3, 0.4) is 0 Å². The van der Waals surface area contributed by atoms with Gasteiger partial charge < -0.3 is 23.8 Å². The van der Waals surface area contributed by atoms with Crippen LogP contribution in [0.25, 0.3) is 0 Å². The molecule has 0 atom stereocenters. The number of carbonyl (C=O) groups is 1. The standard InChI is InChI=1S/C20H31BFN3O4/c1-18(2,3)27-17(26)25-10-8-24(9-11-25)16-15(22)12-14(13-23-16)21-28-19(4,5)20(6,7)29-21/h12-13H,8-11H2,1-7H3. The number of pyridine rings is 1. The van der Waals surface area contributed by atoms with E-state index >= 15 is 0 Å². The Kier molecular flexibility index (Phi) is 5.60. The second-order valence-electron chi connectivity index (χ2n) is 9.62. The van der Waals surface area contributed by atoms with Gasteiger partial charge in [0.15, 0.2) is 11.6 Å². The first kappa shape index (κ1) is 21.8. The Morgan fingerprint density at radius 1 is 1.14 bits per heavy atom. The Balaban J connectivity index is 1.64. The summed E-state index contributed by atoms with van der Waals surface area (Å²) in [4.78, 5) is 20.0. The van der Waals surface area contributed by atoms with Crippen molar-refractivity contribution in [1.29, 1.82) is 0 Å². The van der Waals surface area contributed by atoms with Crippen LogP contribution in [-0.4, -0.2) is 66.1 Å². The highest BCUT2D eigenvalue weighted by Gasteiger charge is 2.52. The van der Waals surface area contributed by atoms with Gasteiger partial charge in [-0.2, -0.15) is 0 Å². The molecule has 7 nitrogen and oxygen atoms in total. The maximum absolute atomic E-state index is 14.8. The summed E-state index contributed by atoms with van der Waals surface area (Å²) < 4.78 is 32.2. The Morgan fingerprint density at radius 3 is 2.17 bits per heavy atom. The largest absolute Gasteiger partial charge is 0.496 e. The molecule has 2 fully saturated rings. The van der Waals surface area contributed by atoms with Crippen molar-refractivity contribution in [2.45, 2.75) is 65.3 Å². The summed E-state index contributed by atoms with van der Waals surface area (Å²) in [5.41, 5.74) is -0.974. The first-order valence-electron chi connectivity index (χ1n) is 10.0. The molecule has 2 aliphatic heterocycles. The lowest BCUT2D eigenvalue weighted by Gasteiger charge is -2.36. The van der Waals surface area contributed by atoms with E-state index in [0.717, 1.165) is 0 Å². The molecular formula is C20H31BFN3O4. The zero-order valence-electron chi connectivity index (χ0n) is 18.4. The van der Waals surface area contributed by atoms with Crippen molar-refractivity contribution < 1.29 is 23.2 Å². The normalized spacial score (nSPS) is 21.4. The van der Waals surface area contributed by atoms with Crippen molar-refractivity contribution in [2.75, 3.05) is 31.1 Å². The lowest BCUT2D eigenvalue weighted by atomic mass is 9.80. The van der Waals surface area contributed by atoms with Gasteiger partial charge in [0.2, 0.25) is 0 Å². The Labute approximate surface area is 172 Å². The number of carbonyl (C=O) groups excluding carboxylic acids is 1. The minimum absolute atomic E-state index is 0.272. The molecule has 0 aromatic carbocycles. The van der Waals surface area contributed by atoms with Crippen LogP contribution in [0.4, 0.5) is 15.0 Å². The molecule has 29 heavy (non-hydrogen) atoms. The molecule has 0 unspecified atom stereocenters. The fourth-order valence-corrected chi connectivity index (χ4v) is 3.21. The van der Waals surface area contributed by atoms with Crippen LogP contribution in [0, 0.1) is 5.82 Å². The predicted molar refractivity (Wildman–Crippen MR) is 110 cm³/mol. The number of ether oxygens (including phenoxy) is 1. The highest BCUT2D eigenvalue weighted by atomic mass is 19.1. The number of amides is 1. The molecule has 0 radical (unpaired) electrons. The molecule has 1 aromatic rings. The monoisotopic (exact) mass is 407 g/mol. The van der Waals surface area contributed by atoms with E-state index in [1.807, 2.05) is 53.4 Å². The summed E-state index contributed by atoms with van der Waals surface area (Å²) >= 11 is 0. The molecule has 1 amide bonds. The molecule has 0 N–H and O–H groups in total. The number of aromatic nitrogens is 1. The molecule has 1 aromatic heterocycles. The minimum atomic E-state index is -0.653. The number of anilines is 1. The number of halogens is 1. The van der Waals surface area contributed by atoms with Crippen molar-refractivity contribution in [3.8, 4) is 0 Å². The topological polar surface area (TPSA) is 64.1 Å². The van der Waals surface area contributed by atoms with Crippen LogP contribution >= 0.6 is 0 Å². The maximum Gasteiger partial charge on any atom is 0.496 e. The van der Waals surface area contributed by atoms with Gasteiger partial charge in [0.25, 0.3) is 0 Å². The second-order valence-corrected chi connectivity index (χ2v) is 9.62. The van der Waals surface area contributed by atoms with Gasteiger partial charge in [0, 0.05) is 37.8 Å². The SMILES string of the molecule is CC(C)(C)OC(=O)N1CCN(c2ncc(B3OC(C)(C)C(C)(C)O3)cc2F)CC1. The first-order valence-corrected chi connectivity index (χ1v) is 10.0. The summed E-state index contributed by atoms with van der Waals surface area (Å²) in [6, 6.07) is 1.42. The summed E-state index contributed by atoms with van der Waals surface area (Å²) in [6.07, 6.45) is 1.25. The van der Waals surface area contributed by atoms with Crippen molar-refractivity contribution in [3.05, 3.63) is 18.1 Å². The van der Waals surface area contributed by atoms with Crippen molar-refractivity contribution >= 4 is 24.5 Å². The molecule has 0 spiro atoms. The highest BCUT2D eigenvalue weighted by molar-refractivity contribution is 6.62. The van der Waals surface area contributed by atoms with E-state index in [1.165, 1.54) is 6.07 Å². The number of rotatable bonds is 2. The Hall–Kier alpha value is -1.87. The van der Waals surface area contributed by atoms with Gasteiger partial charge in [-0.1, -0.05) is 0 Å². The molecule has 2 saturated heterocycles. The summed E-state index contributed by atoms with van der Waals surface area (Å²) in [5, 5.41) is 0. The van der Waals surface area contributed by atoms with Gasteiger partial charge >= 0.3 is 13.2 Å². The lowest BCUT2D eigenvalue weighted by molar-refractivity contribution is 0.00578. The van der Waals surface area contributed by atoms with Crippen molar-refractivity contribution in [3.63, 3.8) is 0 Å². The molecule has 3 rings (SSSR count). The summed E-state index contributed by atoms with van der Waals surface area (Å²) in [7, 11) is -0.653. The number of piperazine rings is 1. The van der Waals surface area contributed by atoms with Crippen LogP contribution in [0.1, 0.15) is 48.5 Å². The Morgan fingerprint density at radius 2 is 1.69 bits per heavy atom. The van der Waals surface area contributed by atoms with Crippen LogP contribution in [0.2, 0.25) is 0 Å². The van der Waals surface area contributed by atoms with Crippen LogP contribution < -0.4 is 10.4 Å². The van der Waals surface area contributed by atoms with E-state index in [4.69, 9.17) is 14.0 Å². The van der Waals surface area contributed by atoms with E-state index in [1.54, 1.807) is 11.1 Å². The number of hydrogen-bond acceptors (Lipinski definition) is 6. The summed E-state index contributed by atoms with van der Waals surface area (Å²) in [5.74, 6) is -0.156. The Bertz CT molecular complexity index is 757. The predicted octanol–water partition coefficient (Wildman–Crippen LogP) is 2.58. The number of hydrogen-bond donors (Lipinski definition) is 0. The van der Waals surface area contributed by atoms with Gasteiger partial charge in [-0.15, -0.1) is 0 Å². The quantitative estimate of drug-likeness (QED) is 0.703. The van der Waals surface area contributed by atoms with Crippen LogP contribution in [-0.2, 0) is 14.0 Å². The van der Waals surface area contributed by atoms with Gasteiger partial charge in [-0.25, -0.2) is 14.2 Å². The van der Waals surface area contributed by atoms with Gasteiger partial charge in [0.05, 0.1) is 11.2 Å². The van der Waals surface area contributed by atoms with Crippen LogP contribution in [0.15, 0.2) is 12.3 Å². The molecule has 2 aliphatic rings. The second kappa shape index (κ2) is 7.43. The average molecular weight is 407 g/mol. The average Bonchev–Trinajstić information content (AvgIpc) is 2.81. The summed E-state index contributed by atoms with van der Waals surface area (Å²) in [6.45, 7) is 15.2. The molecule has 0 aliphatic carbocycles. The third-order valence-corrected chi connectivity index (χ3v) is 5.60. The van der Waals surface area contributed by atoms with Crippen LogP contribution in [0.5, 0.6) is 0 Å². The fraction of sp³-hybridized carbons (Fsp3) is 0.700. The van der Waals surface area contributed by atoms with E-state index in [2.05, 4.69) is 4.98 Å². The van der Waals surface area contributed by atoms with Gasteiger partial charge in [-0.05, 0) is 54.5 Å². The minimum Gasteiger partial charge on any atom is -0.444 e. The van der Waals surface area contributed by atoms with Gasteiger partial charge in [0.1, 0.15) is 5.60 Å². The molecule has 9 heteroatoms. The smallest absolute Gasteiger partial charge is 0.444 e. The van der Waals surface area contributed by atoms with E-state index < -0.39 is 29.7 Å². The molecule has 0 bridgehead atoms. The third kappa shape index (κ3) is 4.66. The first-order chi connectivity index (χ1) is 13.3. The lowest BCUT2D eigenvalue weighted by Crippen LogP contribution is -2.50. The van der Waals surface area contributed by atoms with Crippen molar-refractivity contribution in [1.82, 2.24) is 9.88 Å². The molecule has 3 heterocycles. The van der Waals surface area contributed by atoms with Gasteiger partial charge in [-0.3, -0.25) is 0 Å². The molecular weight excluding hydrogens is 376 g/mol. The van der Waals surface area contributed by atoms with E-state index in [9.17, 15) is 9.18 Å². The number of nitrogens with zero attached hydrogens (tertiary/aromatic N) is 3. The molecule has 160 valence electrons. The zero-order chi connectivity index (χ0) is 21.6. The van der Waals surface area contributed by atoms with E-state index in [0.29, 0.717) is 31.6 Å². The zero-order valence-corrected chi connectivity index (χ0v) is 18.4. The van der Waals surface area contributed by atoms with Crippen molar-refractivity contribution in [2.24, 2.45) is 0 Å². The molecule has 0 saturated carbocycles. The fourth-order valence-electron chi connectivity index (χ4n) is 3.21. The third-order valence-electron chi connectivity index (χ3n) is 5.60. The maximum atomic E-state index is 14.8.